The molecule has 0 saturated heterocycles. The summed E-state index contributed by atoms with van der Waals surface area (Å²) >= 11 is 0. The van der Waals surface area contributed by atoms with Crippen molar-refractivity contribution >= 4 is 11.7 Å². The Hall–Kier alpha value is -2.37. The molecule has 0 radical (unpaired) electrons. The fourth-order valence-corrected chi connectivity index (χ4v) is 2.36. The van der Waals surface area contributed by atoms with Crippen molar-refractivity contribution in [2.24, 2.45) is 0 Å². The van der Waals surface area contributed by atoms with Crippen molar-refractivity contribution in [3.8, 4) is 0 Å². The highest BCUT2D eigenvalue weighted by Gasteiger charge is 2.22. The average molecular weight is 258 g/mol. The largest absolute Gasteiger partial charge is 0.478 e. The first-order valence-corrected chi connectivity index (χ1v) is 6.11. The molecule has 1 aromatic carbocycles. The molecule has 1 aliphatic rings. The number of rotatable bonds is 2. The smallest absolute Gasteiger partial charge is 0.337 e. The Bertz CT molecular complexity index is 635. The van der Waals surface area contributed by atoms with Crippen LogP contribution in [-0.2, 0) is 13.1 Å². The van der Waals surface area contributed by atoms with E-state index < -0.39 is 5.97 Å². The Morgan fingerprint density at radius 3 is 3.00 bits per heavy atom. The monoisotopic (exact) mass is 258 g/mol. The predicted molar refractivity (Wildman–Crippen MR) is 69.2 cm³/mol. The molecular formula is C13H14N4O2. The third-order valence-electron chi connectivity index (χ3n) is 3.36. The minimum atomic E-state index is -0.901. The Balaban J connectivity index is 1.99. The van der Waals surface area contributed by atoms with Gasteiger partial charge in [0.2, 0.25) is 0 Å². The summed E-state index contributed by atoms with van der Waals surface area (Å²) in [5.74, 6) is -0.0360. The van der Waals surface area contributed by atoms with Crippen LogP contribution in [0.5, 0.6) is 0 Å². The van der Waals surface area contributed by atoms with E-state index in [0.717, 1.165) is 30.2 Å². The van der Waals surface area contributed by atoms with Gasteiger partial charge in [0.15, 0.2) is 5.82 Å². The van der Waals surface area contributed by atoms with Crippen LogP contribution in [0, 0.1) is 6.92 Å². The number of benzene rings is 1. The van der Waals surface area contributed by atoms with E-state index in [1.54, 1.807) is 12.4 Å². The van der Waals surface area contributed by atoms with E-state index in [4.69, 9.17) is 0 Å². The molecule has 6 heteroatoms. The molecule has 19 heavy (non-hydrogen) atoms. The summed E-state index contributed by atoms with van der Waals surface area (Å²) in [4.78, 5) is 13.4. The molecule has 0 saturated carbocycles. The van der Waals surface area contributed by atoms with Gasteiger partial charge in [0, 0.05) is 13.1 Å². The van der Waals surface area contributed by atoms with Crippen LogP contribution in [0.2, 0.25) is 0 Å². The highest BCUT2D eigenvalue weighted by atomic mass is 16.4. The standard InChI is InChI=1S/C13H14N4O2/c1-9-2-3-10(13(18)19)11(6-9)16-4-5-17-8-14-15-12(17)7-16/h2-3,6,8H,4-5,7H2,1H3,(H,18,19). The Morgan fingerprint density at radius 2 is 2.21 bits per heavy atom. The number of carboxylic acids is 1. The number of fused-ring (bicyclic) bond motifs is 1. The minimum absolute atomic E-state index is 0.332. The lowest BCUT2D eigenvalue weighted by Gasteiger charge is -2.30. The SMILES string of the molecule is Cc1ccc(C(=O)O)c(N2CCn3cnnc3C2)c1. The van der Waals surface area contributed by atoms with Gasteiger partial charge in [0.25, 0.3) is 0 Å². The van der Waals surface area contributed by atoms with Crippen LogP contribution in [0.3, 0.4) is 0 Å². The molecule has 2 heterocycles. The molecule has 1 aliphatic heterocycles. The summed E-state index contributed by atoms with van der Waals surface area (Å²) in [5, 5.41) is 17.2. The van der Waals surface area contributed by atoms with Crippen molar-refractivity contribution in [3.05, 3.63) is 41.5 Å². The molecule has 1 N–H and O–H groups in total. The van der Waals surface area contributed by atoms with Gasteiger partial charge >= 0.3 is 5.97 Å². The van der Waals surface area contributed by atoms with Crippen LogP contribution in [-0.4, -0.2) is 32.4 Å². The number of nitrogens with zero attached hydrogens (tertiary/aromatic N) is 4. The summed E-state index contributed by atoms with van der Waals surface area (Å²) in [6, 6.07) is 5.39. The molecular weight excluding hydrogens is 244 g/mol. The maximum Gasteiger partial charge on any atom is 0.337 e. The fraction of sp³-hybridized carbons (Fsp3) is 0.308. The second-order valence-corrected chi connectivity index (χ2v) is 4.69. The first-order chi connectivity index (χ1) is 9.15. The van der Waals surface area contributed by atoms with Crippen molar-refractivity contribution in [1.29, 1.82) is 0 Å². The second-order valence-electron chi connectivity index (χ2n) is 4.69. The lowest BCUT2D eigenvalue weighted by molar-refractivity contribution is 0.0697. The fourth-order valence-electron chi connectivity index (χ4n) is 2.36. The van der Waals surface area contributed by atoms with Crippen LogP contribution < -0.4 is 4.90 Å². The zero-order valence-electron chi connectivity index (χ0n) is 10.6. The number of anilines is 1. The zero-order valence-corrected chi connectivity index (χ0v) is 10.6. The average Bonchev–Trinajstić information content (AvgIpc) is 2.85. The molecule has 6 nitrogen and oxygen atoms in total. The molecule has 0 spiro atoms. The van der Waals surface area contributed by atoms with E-state index in [0.29, 0.717) is 12.1 Å². The lowest BCUT2D eigenvalue weighted by atomic mass is 10.1. The van der Waals surface area contributed by atoms with E-state index >= 15 is 0 Å². The zero-order chi connectivity index (χ0) is 13.4. The van der Waals surface area contributed by atoms with Gasteiger partial charge in [-0.2, -0.15) is 0 Å². The number of aromatic nitrogens is 3. The van der Waals surface area contributed by atoms with Crippen molar-refractivity contribution in [3.63, 3.8) is 0 Å². The van der Waals surface area contributed by atoms with Gasteiger partial charge in [-0.25, -0.2) is 4.79 Å². The van der Waals surface area contributed by atoms with Crippen molar-refractivity contribution < 1.29 is 9.90 Å². The van der Waals surface area contributed by atoms with Gasteiger partial charge in [-0.15, -0.1) is 10.2 Å². The van der Waals surface area contributed by atoms with Gasteiger partial charge in [0.05, 0.1) is 17.8 Å². The predicted octanol–water partition coefficient (Wildman–Crippen LogP) is 1.30. The molecule has 1 aromatic heterocycles. The van der Waals surface area contributed by atoms with E-state index in [1.807, 2.05) is 28.5 Å². The normalized spacial score (nSPS) is 14.3. The number of aromatic carboxylic acids is 1. The van der Waals surface area contributed by atoms with Crippen LogP contribution in [0.25, 0.3) is 0 Å². The van der Waals surface area contributed by atoms with Gasteiger partial charge in [0.1, 0.15) is 6.33 Å². The maximum absolute atomic E-state index is 11.3. The van der Waals surface area contributed by atoms with E-state index in [1.165, 1.54) is 0 Å². The molecule has 0 fully saturated rings. The van der Waals surface area contributed by atoms with E-state index in [-0.39, 0.29) is 0 Å². The van der Waals surface area contributed by atoms with Crippen LogP contribution in [0.4, 0.5) is 5.69 Å². The maximum atomic E-state index is 11.3. The number of hydrogen-bond acceptors (Lipinski definition) is 4. The van der Waals surface area contributed by atoms with Crippen molar-refractivity contribution in [2.75, 3.05) is 11.4 Å². The molecule has 3 rings (SSSR count). The molecule has 0 aliphatic carbocycles. The third-order valence-corrected chi connectivity index (χ3v) is 3.36. The molecule has 98 valence electrons. The lowest BCUT2D eigenvalue weighted by Crippen LogP contribution is -2.34. The summed E-state index contributed by atoms with van der Waals surface area (Å²) in [6.45, 7) is 4.08. The molecule has 0 atom stereocenters. The Morgan fingerprint density at radius 1 is 1.37 bits per heavy atom. The Kier molecular flexibility index (Phi) is 2.70. The van der Waals surface area contributed by atoms with Crippen molar-refractivity contribution in [1.82, 2.24) is 14.8 Å². The van der Waals surface area contributed by atoms with Gasteiger partial charge in [-0.1, -0.05) is 6.07 Å². The first kappa shape index (κ1) is 11.7. The van der Waals surface area contributed by atoms with Crippen molar-refractivity contribution in [2.45, 2.75) is 20.0 Å². The number of hydrogen-bond donors (Lipinski definition) is 1. The van der Waals surface area contributed by atoms with Crippen LogP contribution in [0.1, 0.15) is 21.7 Å². The van der Waals surface area contributed by atoms with E-state index in [9.17, 15) is 9.90 Å². The van der Waals surface area contributed by atoms with Gasteiger partial charge in [-0.05, 0) is 24.6 Å². The Labute approximate surface area is 110 Å². The first-order valence-electron chi connectivity index (χ1n) is 6.11. The molecule has 2 aromatic rings. The second kappa shape index (κ2) is 4.38. The summed E-state index contributed by atoms with van der Waals surface area (Å²) in [7, 11) is 0. The topological polar surface area (TPSA) is 71.2 Å². The number of carboxylic acid groups (broad SMARTS) is 1. The highest BCUT2D eigenvalue weighted by molar-refractivity contribution is 5.94. The van der Waals surface area contributed by atoms with Gasteiger partial charge < -0.3 is 14.6 Å². The molecule has 0 amide bonds. The van der Waals surface area contributed by atoms with Gasteiger partial charge in [-0.3, -0.25) is 0 Å². The quantitative estimate of drug-likeness (QED) is 0.879. The summed E-state index contributed by atoms with van der Waals surface area (Å²) < 4.78 is 1.99. The molecule has 0 unspecified atom stereocenters. The van der Waals surface area contributed by atoms with Crippen LogP contribution >= 0.6 is 0 Å². The number of aryl methyl sites for hydroxylation is 1. The van der Waals surface area contributed by atoms with Crippen LogP contribution in [0.15, 0.2) is 24.5 Å². The highest BCUT2D eigenvalue weighted by Crippen LogP contribution is 2.25. The number of carbonyl (C=O) groups is 1. The third kappa shape index (κ3) is 2.05. The summed E-state index contributed by atoms with van der Waals surface area (Å²) in [6.07, 6.45) is 1.71. The van der Waals surface area contributed by atoms with E-state index in [2.05, 4.69) is 10.2 Å². The molecule has 0 bridgehead atoms. The summed E-state index contributed by atoms with van der Waals surface area (Å²) in [5.41, 5.74) is 2.13. The minimum Gasteiger partial charge on any atom is -0.478 e.